The number of hydrogen-bond acceptors (Lipinski definition) is 6. The molecule has 0 heterocycles. The van der Waals surface area contributed by atoms with Crippen LogP contribution in [0.4, 0.5) is 5.69 Å². The molecule has 0 saturated carbocycles. The molecule has 0 spiro atoms. The van der Waals surface area contributed by atoms with E-state index < -0.39 is 17.8 Å². The Morgan fingerprint density at radius 2 is 1.67 bits per heavy atom. The van der Waals surface area contributed by atoms with Crippen LogP contribution in [-0.2, 0) is 9.59 Å². The number of methoxy groups -OCH3 is 1. The Balaban J connectivity index is 1.54. The number of nitrogens with one attached hydrogen (secondary N) is 2. The van der Waals surface area contributed by atoms with E-state index in [1.165, 1.54) is 13.3 Å². The molecule has 2 amide bonds. The molecule has 9 heteroatoms. The summed E-state index contributed by atoms with van der Waals surface area (Å²) in [5.41, 5.74) is 4.15. The van der Waals surface area contributed by atoms with Gasteiger partial charge in [0.05, 0.1) is 13.3 Å². The third-order valence-corrected chi connectivity index (χ3v) is 4.93. The largest absolute Gasteiger partial charge is 0.496 e. The van der Waals surface area contributed by atoms with E-state index in [0.29, 0.717) is 38.9 Å². The molecule has 168 valence electrons. The van der Waals surface area contributed by atoms with Gasteiger partial charge in [-0.05, 0) is 66.6 Å². The van der Waals surface area contributed by atoms with Crippen LogP contribution < -0.4 is 20.2 Å². The third-order valence-electron chi connectivity index (χ3n) is 4.52. The van der Waals surface area contributed by atoms with Gasteiger partial charge in [-0.3, -0.25) is 9.59 Å². The lowest BCUT2D eigenvalue weighted by atomic mass is 10.2. The van der Waals surface area contributed by atoms with Gasteiger partial charge in [0.2, 0.25) is 0 Å². The van der Waals surface area contributed by atoms with E-state index >= 15 is 0 Å². The van der Waals surface area contributed by atoms with E-state index in [2.05, 4.69) is 15.8 Å². The molecule has 0 radical (unpaired) electrons. The van der Waals surface area contributed by atoms with E-state index in [1.54, 1.807) is 73.7 Å². The Labute approximate surface area is 195 Å². The Morgan fingerprint density at radius 3 is 2.39 bits per heavy atom. The first kappa shape index (κ1) is 23.5. The zero-order valence-corrected chi connectivity index (χ0v) is 18.6. The molecule has 0 aliphatic carbocycles. The van der Waals surface area contributed by atoms with Gasteiger partial charge in [0.1, 0.15) is 17.1 Å². The molecule has 0 bridgehead atoms. The molecular formula is C24H20ClN3O5. The molecule has 3 rings (SSSR count). The van der Waals surface area contributed by atoms with Gasteiger partial charge >= 0.3 is 17.8 Å². The quantitative estimate of drug-likeness (QED) is 0.188. The summed E-state index contributed by atoms with van der Waals surface area (Å²) in [6.07, 6.45) is 1.35. The Kier molecular flexibility index (Phi) is 7.77. The van der Waals surface area contributed by atoms with Gasteiger partial charge < -0.3 is 14.8 Å². The first-order chi connectivity index (χ1) is 15.9. The van der Waals surface area contributed by atoms with E-state index in [-0.39, 0.29) is 0 Å². The summed E-state index contributed by atoms with van der Waals surface area (Å²) in [5, 5.41) is 6.72. The van der Waals surface area contributed by atoms with Crippen LogP contribution in [0.5, 0.6) is 11.5 Å². The highest BCUT2D eigenvalue weighted by Gasteiger charge is 2.15. The van der Waals surface area contributed by atoms with Crippen LogP contribution in [0.2, 0.25) is 5.02 Å². The van der Waals surface area contributed by atoms with Crippen molar-refractivity contribution >= 4 is 41.3 Å². The lowest BCUT2D eigenvalue weighted by Crippen LogP contribution is -2.32. The summed E-state index contributed by atoms with van der Waals surface area (Å²) in [5.74, 6) is -1.63. The fraction of sp³-hybridized carbons (Fsp3) is 0.0833. The maximum atomic E-state index is 12.3. The summed E-state index contributed by atoms with van der Waals surface area (Å²) >= 11 is 6.00. The first-order valence-corrected chi connectivity index (χ1v) is 10.1. The third kappa shape index (κ3) is 6.18. The number of hydrazone groups is 1. The summed E-state index contributed by atoms with van der Waals surface area (Å²) in [6.45, 7) is 1.73. The minimum Gasteiger partial charge on any atom is -0.496 e. The van der Waals surface area contributed by atoms with Crippen LogP contribution in [0.25, 0.3) is 0 Å². The molecule has 2 N–H and O–H groups in total. The zero-order chi connectivity index (χ0) is 23.8. The summed E-state index contributed by atoms with van der Waals surface area (Å²) < 4.78 is 10.5. The molecule has 0 atom stereocenters. The molecule has 0 aliphatic heterocycles. The van der Waals surface area contributed by atoms with E-state index in [0.717, 1.165) is 0 Å². The van der Waals surface area contributed by atoms with Crippen molar-refractivity contribution in [3.05, 3.63) is 88.4 Å². The molecule has 0 saturated heterocycles. The number of para-hydroxylation sites is 1. The van der Waals surface area contributed by atoms with Crippen molar-refractivity contribution in [2.75, 3.05) is 12.4 Å². The second kappa shape index (κ2) is 10.9. The minimum atomic E-state index is -0.937. The average molecular weight is 466 g/mol. The molecule has 0 aromatic heterocycles. The second-order valence-corrected chi connectivity index (χ2v) is 7.13. The van der Waals surface area contributed by atoms with Crippen molar-refractivity contribution in [1.29, 1.82) is 0 Å². The standard InChI is InChI=1S/C24H20ClN3O5/c1-15-19(25)7-5-8-20(15)27-22(29)23(30)28-26-14-16-10-12-17(13-11-16)33-24(31)18-6-3-4-9-21(18)32-2/h3-14H,1-2H3,(H,27,29)(H,28,30)/b26-14+. The van der Waals surface area contributed by atoms with Gasteiger partial charge in [-0.1, -0.05) is 29.8 Å². The van der Waals surface area contributed by atoms with Crippen molar-refractivity contribution in [3.63, 3.8) is 0 Å². The number of nitrogens with zero attached hydrogens (tertiary/aromatic N) is 1. The molecule has 8 nitrogen and oxygen atoms in total. The fourth-order valence-electron chi connectivity index (χ4n) is 2.74. The molecular weight excluding hydrogens is 446 g/mol. The van der Waals surface area contributed by atoms with Crippen LogP contribution >= 0.6 is 11.6 Å². The highest BCUT2D eigenvalue weighted by molar-refractivity contribution is 6.40. The van der Waals surface area contributed by atoms with Gasteiger partial charge in [-0.25, -0.2) is 10.2 Å². The number of carbonyl (C=O) groups is 3. The van der Waals surface area contributed by atoms with Crippen LogP contribution in [0, 0.1) is 6.92 Å². The van der Waals surface area contributed by atoms with Crippen molar-refractivity contribution in [3.8, 4) is 11.5 Å². The van der Waals surface area contributed by atoms with Crippen LogP contribution in [0.1, 0.15) is 21.5 Å². The molecule has 0 unspecified atom stereocenters. The number of benzene rings is 3. The van der Waals surface area contributed by atoms with Gasteiger partial charge in [-0.15, -0.1) is 0 Å². The maximum absolute atomic E-state index is 12.3. The fourth-order valence-corrected chi connectivity index (χ4v) is 2.91. The van der Waals surface area contributed by atoms with Crippen molar-refractivity contribution in [2.45, 2.75) is 6.92 Å². The Hall–Kier alpha value is -4.17. The first-order valence-electron chi connectivity index (χ1n) is 9.74. The second-order valence-electron chi connectivity index (χ2n) is 6.72. The monoisotopic (exact) mass is 465 g/mol. The van der Waals surface area contributed by atoms with Crippen molar-refractivity contribution in [2.24, 2.45) is 5.10 Å². The number of anilines is 1. The average Bonchev–Trinajstić information content (AvgIpc) is 2.82. The van der Waals surface area contributed by atoms with Gasteiger partial charge in [0.15, 0.2) is 0 Å². The number of ether oxygens (including phenoxy) is 2. The predicted molar refractivity (Wildman–Crippen MR) is 125 cm³/mol. The number of esters is 1. The van der Waals surface area contributed by atoms with E-state index in [1.807, 2.05) is 0 Å². The number of rotatable bonds is 6. The summed E-state index contributed by atoms with van der Waals surface area (Å²) in [7, 11) is 1.47. The van der Waals surface area contributed by atoms with Gasteiger partial charge in [0, 0.05) is 10.7 Å². The molecule has 33 heavy (non-hydrogen) atoms. The predicted octanol–water partition coefficient (Wildman–Crippen LogP) is 3.97. The lowest BCUT2D eigenvalue weighted by molar-refractivity contribution is -0.136. The topological polar surface area (TPSA) is 106 Å². The van der Waals surface area contributed by atoms with E-state index in [4.69, 9.17) is 21.1 Å². The Bertz CT molecular complexity index is 1210. The summed E-state index contributed by atoms with van der Waals surface area (Å²) in [4.78, 5) is 36.3. The zero-order valence-electron chi connectivity index (χ0n) is 17.8. The molecule has 0 aliphatic rings. The highest BCUT2D eigenvalue weighted by atomic mass is 35.5. The number of hydrogen-bond donors (Lipinski definition) is 2. The minimum absolute atomic E-state index is 0.305. The Morgan fingerprint density at radius 1 is 0.939 bits per heavy atom. The van der Waals surface area contributed by atoms with Crippen LogP contribution in [0.15, 0.2) is 71.8 Å². The SMILES string of the molecule is COc1ccccc1C(=O)Oc1ccc(/C=N/NC(=O)C(=O)Nc2cccc(Cl)c2C)cc1. The lowest BCUT2D eigenvalue weighted by Gasteiger charge is -2.08. The normalized spacial score (nSPS) is 10.5. The number of amides is 2. The highest BCUT2D eigenvalue weighted by Crippen LogP contribution is 2.23. The van der Waals surface area contributed by atoms with Crippen LogP contribution in [0.3, 0.4) is 0 Å². The maximum Gasteiger partial charge on any atom is 0.347 e. The molecule has 0 fully saturated rings. The summed E-state index contributed by atoms with van der Waals surface area (Å²) in [6, 6.07) is 18.1. The number of carbonyl (C=O) groups excluding carboxylic acids is 3. The molecule has 3 aromatic carbocycles. The smallest absolute Gasteiger partial charge is 0.347 e. The van der Waals surface area contributed by atoms with Crippen molar-refractivity contribution in [1.82, 2.24) is 5.43 Å². The van der Waals surface area contributed by atoms with Crippen molar-refractivity contribution < 1.29 is 23.9 Å². The van der Waals surface area contributed by atoms with Gasteiger partial charge in [0.25, 0.3) is 0 Å². The van der Waals surface area contributed by atoms with Crippen LogP contribution in [-0.4, -0.2) is 31.1 Å². The molecule has 3 aromatic rings. The van der Waals surface area contributed by atoms with E-state index in [9.17, 15) is 14.4 Å². The number of halogens is 1. The van der Waals surface area contributed by atoms with Gasteiger partial charge in [-0.2, -0.15) is 5.10 Å².